The first-order valence-electron chi connectivity index (χ1n) is 11.9. The molecular formula is C26H22ClN7O2S. The summed E-state index contributed by atoms with van der Waals surface area (Å²) < 4.78 is 0. The molecular weight excluding hydrogens is 510 g/mol. The molecule has 2 aliphatic rings. The monoisotopic (exact) mass is 531 g/mol. The van der Waals surface area contributed by atoms with Crippen molar-refractivity contribution in [2.45, 2.75) is 19.4 Å². The summed E-state index contributed by atoms with van der Waals surface area (Å²) in [5.74, 6) is 0.562. The minimum Gasteiger partial charge on any atom is -0.336 e. The first kappa shape index (κ1) is 23.4. The number of aromatic nitrogens is 3. The van der Waals surface area contributed by atoms with Crippen LogP contribution >= 0.6 is 22.9 Å². The average Bonchev–Trinajstić information content (AvgIpc) is 3.53. The minimum absolute atomic E-state index is 0.110. The lowest BCUT2D eigenvalue weighted by Gasteiger charge is -2.15. The van der Waals surface area contributed by atoms with E-state index in [1.165, 1.54) is 11.3 Å². The third kappa shape index (κ3) is 4.73. The zero-order chi connectivity index (χ0) is 25.4. The first-order valence-corrected chi connectivity index (χ1v) is 13.0. The second-order valence-corrected chi connectivity index (χ2v) is 10.1. The van der Waals surface area contributed by atoms with Gasteiger partial charge in [0, 0.05) is 37.1 Å². The number of carbonyl (C=O) groups excluding carboxylic acids is 2. The standard InChI is InChI=1S/C26H22ClN7O2S/c27-19-7-2-1-6-18(19)23-29-14-16-8-9-20-22(21(16)32-23)37-25(31-20)33-24(35)30-13-15-4-3-5-17(12-15)34-11-10-28-26(34)36/h1-7,12,14H,8-11,13H2,(H,28,36)(H2,30,31,33,35). The molecule has 186 valence electrons. The van der Waals surface area contributed by atoms with Gasteiger partial charge in [0.2, 0.25) is 0 Å². The van der Waals surface area contributed by atoms with E-state index in [1.54, 1.807) is 4.90 Å². The average molecular weight is 532 g/mol. The SMILES string of the molecule is O=C(NCc1cccc(N2CCNC2=O)c1)Nc1nc2c(s1)-c1nc(-c3ccccc3Cl)ncc1CC2. The van der Waals surface area contributed by atoms with Gasteiger partial charge in [0.25, 0.3) is 0 Å². The number of halogens is 1. The number of fused-ring (bicyclic) bond motifs is 3. The van der Waals surface area contributed by atoms with Gasteiger partial charge in [0.15, 0.2) is 11.0 Å². The number of nitrogens with zero attached hydrogens (tertiary/aromatic N) is 4. The summed E-state index contributed by atoms with van der Waals surface area (Å²) in [5.41, 5.74) is 5.26. The van der Waals surface area contributed by atoms with Gasteiger partial charge in [0.1, 0.15) is 0 Å². The lowest BCUT2D eigenvalue weighted by Crippen LogP contribution is -2.29. The molecule has 0 bridgehead atoms. The largest absolute Gasteiger partial charge is 0.336 e. The lowest BCUT2D eigenvalue weighted by molar-refractivity contribution is 0.251. The van der Waals surface area contributed by atoms with E-state index in [1.807, 2.05) is 54.7 Å². The van der Waals surface area contributed by atoms with Gasteiger partial charge in [-0.25, -0.2) is 24.5 Å². The van der Waals surface area contributed by atoms with Gasteiger partial charge >= 0.3 is 12.1 Å². The fourth-order valence-corrected chi connectivity index (χ4v) is 5.70. The van der Waals surface area contributed by atoms with E-state index in [2.05, 4.69) is 25.9 Å². The van der Waals surface area contributed by atoms with Gasteiger partial charge < -0.3 is 10.6 Å². The molecule has 4 aromatic rings. The van der Waals surface area contributed by atoms with Crippen molar-refractivity contribution in [3.8, 4) is 22.0 Å². The smallest absolute Gasteiger partial charge is 0.321 e. The maximum atomic E-state index is 12.6. The van der Waals surface area contributed by atoms with Crippen molar-refractivity contribution in [3.63, 3.8) is 0 Å². The minimum atomic E-state index is -0.352. The molecule has 3 heterocycles. The molecule has 0 spiro atoms. The highest BCUT2D eigenvalue weighted by molar-refractivity contribution is 7.19. The molecule has 37 heavy (non-hydrogen) atoms. The molecule has 0 radical (unpaired) electrons. The van der Waals surface area contributed by atoms with Gasteiger partial charge in [-0.3, -0.25) is 10.2 Å². The van der Waals surface area contributed by atoms with Crippen molar-refractivity contribution < 1.29 is 9.59 Å². The third-order valence-electron chi connectivity index (χ3n) is 6.28. The number of hydrogen-bond acceptors (Lipinski definition) is 6. The molecule has 0 saturated carbocycles. The van der Waals surface area contributed by atoms with Crippen LogP contribution in [0, 0.1) is 0 Å². The van der Waals surface area contributed by atoms with Gasteiger partial charge in [-0.2, -0.15) is 0 Å². The molecule has 3 N–H and O–H groups in total. The molecule has 1 aliphatic carbocycles. The molecule has 0 unspecified atom stereocenters. The number of thiazole rings is 1. The maximum absolute atomic E-state index is 12.6. The quantitative estimate of drug-likeness (QED) is 0.340. The summed E-state index contributed by atoms with van der Waals surface area (Å²) in [4.78, 5) is 41.2. The number of carbonyl (C=O) groups is 2. The van der Waals surface area contributed by atoms with Crippen molar-refractivity contribution in [1.82, 2.24) is 25.6 Å². The number of rotatable bonds is 5. The van der Waals surface area contributed by atoms with E-state index in [0.717, 1.165) is 51.5 Å². The Morgan fingerprint density at radius 1 is 1.14 bits per heavy atom. The summed E-state index contributed by atoms with van der Waals surface area (Å²) >= 11 is 7.76. The van der Waals surface area contributed by atoms with Crippen molar-refractivity contribution in [2.24, 2.45) is 0 Å². The molecule has 11 heteroatoms. The van der Waals surface area contributed by atoms with Gasteiger partial charge in [-0.1, -0.05) is 47.2 Å². The van der Waals surface area contributed by atoms with Crippen LogP contribution in [0.5, 0.6) is 0 Å². The zero-order valence-corrected chi connectivity index (χ0v) is 21.2. The number of aryl methyl sites for hydroxylation is 2. The zero-order valence-electron chi connectivity index (χ0n) is 19.6. The molecule has 0 atom stereocenters. The van der Waals surface area contributed by atoms with Crippen LogP contribution in [0.1, 0.15) is 16.8 Å². The Bertz CT molecular complexity index is 1520. The van der Waals surface area contributed by atoms with E-state index < -0.39 is 0 Å². The van der Waals surface area contributed by atoms with Crippen LogP contribution in [0.2, 0.25) is 5.02 Å². The number of amides is 4. The Kier molecular flexibility index (Phi) is 6.19. The summed E-state index contributed by atoms with van der Waals surface area (Å²) in [6.07, 6.45) is 3.39. The predicted octanol–water partition coefficient (Wildman–Crippen LogP) is 4.87. The summed E-state index contributed by atoms with van der Waals surface area (Å²) in [6.45, 7) is 1.57. The molecule has 4 amide bonds. The van der Waals surface area contributed by atoms with Crippen LogP contribution in [0.3, 0.4) is 0 Å². The number of anilines is 2. The molecule has 1 fully saturated rings. The van der Waals surface area contributed by atoms with Crippen LogP contribution < -0.4 is 20.9 Å². The van der Waals surface area contributed by atoms with Crippen molar-refractivity contribution >= 4 is 45.8 Å². The highest BCUT2D eigenvalue weighted by Crippen LogP contribution is 2.39. The highest BCUT2D eigenvalue weighted by Gasteiger charge is 2.25. The van der Waals surface area contributed by atoms with E-state index in [0.29, 0.717) is 35.6 Å². The third-order valence-corrected chi connectivity index (χ3v) is 7.62. The predicted molar refractivity (Wildman–Crippen MR) is 144 cm³/mol. The maximum Gasteiger partial charge on any atom is 0.321 e. The van der Waals surface area contributed by atoms with Crippen LogP contribution in [0.15, 0.2) is 54.7 Å². The Morgan fingerprint density at radius 2 is 2.03 bits per heavy atom. The number of urea groups is 2. The highest BCUT2D eigenvalue weighted by atomic mass is 35.5. The molecule has 1 saturated heterocycles. The van der Waals surface area contributed by atoms with E-state index in [9.17, 15) is 9.59 Å². The molecule has 1 aliphatic heterocycles. The Labute approximate surface area is 221 Å². The first-order chi connectivity index (χ1) is 18.0. The molecule has 2 aromatic carbocycles. The van der Waals surface area contributed by atoms with Crippen molar-refractivity contribution in [1.29, 1.82) is 0 Å². The summed E-state index contributed by atoms with van der Waals surface area (Å²) in [5, 5.41) is 9.62. The Morgan fingerprint density at radius 3 is 2.86 bits per heavy atom. The van der Waals surface area contributed by atoms with E-state index in [4.69, 9.17) is 16.6 Å². The topological polar surface area (TPSA) is 112 Å². The second-order valence-electron chi connectivity index (χ2n) is 8.70. The molecule has 9 nitrogen and oxygen atoms in total. The lowest BCUT2D eigenvalue weighted by atomic mass is 9.99. The van der Waals surface area contributed by atoms with Gasteiger partial charge in [-0.05, 0) is 48.2 Å². The van der Waals surface area contributed by atoms with Gasteiger partial charge in [0.05, 0.1) is 21.3 Å². The van der Waals surface area contributed by atoms with Crippen LogP contribution in [-0.4, -0.2) is 40.1 Å². The van der Waals surface area contributed by atoms with E-state index >= 15 is 0 Å². The molecule has 6 rings (SSSR count). The number of nitrogens with one attached hydrogen (secondary N) is 3. The van der Waals surface area contributed by atoms with Gasteiger partial charge in [-0.15, -0.1) is 0 Å². The van der Waals surface area contributed by atoms with E-state index in [-0.39, 0.29) is 12.1 Å². The fraction of sp³-hybridized carbons (Fsp3) is 0.192. The number of hydrogen-bond donors (Lipinski definition) is 3. The summed E-state index contributed by atoms with van der Waals surface area (Å²) in [7, 11) is 0. The fourth-order valence-electron chi connectivity index (χ4n) is 4.45. The van der Waals surface area contributed by atoms with Crippen molar-refractivity contribution in [2.75, 3.05) is 23.3 Å². The van der Waals surface area contributed by atoms with Crippen LogP contribution in [0.4, 0.5) is 20.4 Å². The summed E-state index contributed by atoms with van der Waals surface area (Å²) in [6, 6.07) is 14.6. The normalized spacial score (nSPS) is 14.1. The van der Waals surface area contributed by atoms with Crippen LogP contribution in [0.25, 0.3) is 22.0 Å². The Balaban J connectivity index is 1.15. The second kappa shape index (κ2) is 9.79. The number of benzene rings is 2. The molecule has 2 aromatic heterocycles. The van der Waals surface area contributed by atoms with Crippen LogP contribution in [-0.2, 0) is 19.4 Å². The Hall–Kier alpha value is -4.02. The van der Waals surface area contributed by atoms with Crippen molar-refractivity contribution in [3.05, 3.63) is 76.6 Å².